The molecule has 2 amide bonds. The van der Waals surface area contributed by atoms with Crippen LogP contribution in [0.3, 0.4) is 0 Å². The molecule has 0 heterocycles. The van der Waals surface area contributed by atoms with Crippen molar-refractivity contribution in [2.45, 2.75) is 13.8 Å². The van der Waals surface area contributed by atoms with Crippen molar-refractivity contribution in [3.63, 3.8) is 0 Å². The summed E-state index contributed by atoms with van der Waals surface area (Å²) in [6.45, 7) is 7.70. The Morgan fingerprint density at radius 3 is 2.31 bits per heavy atom. The van der Waals surface area contributed by atoms with Crippen LogP contribution in [-0.4, -0.2) is 25.0 Å². The molecule has 0 bridgehead atoms. The van der Waals surface area contributed by atoms with Gasteiger partial charge in [0, 0.05) is 24.0 Å². The van der Waals surface area contributed by atoms with E-state index in [2.05, 4.69) is 22.5 Å². The molecular weight excluding hydrogens is 330 g/mol. The van der Waals surface area contributed by atoms with Crippen LogP contribution in [0.25, 0.3) is 0 Å². The standard InChI is InChI=1S/C20H23N3O3/c1-14(2)13-26-19-9-7-16(8-10-19)23-20(25)12-21-17-5-4-6-18(11-17)22-15(3)24/h4-11,21H,1,12-13H2,2-3H3,(H,22,24)(H,23,25). The Balaban J connectivity index is 1.83. The molecule has 0 aromatic heterocycles. The quantitative estimate of drug-likeness (QED) is 0.633. The molecule has 0 atom stereocenters. The SMILES string of the molecule is C=C(C)COc1ccc(NC(=O)CNc2cccc(NC(C)=O)c2)cc1. The minimum Gasteiger partial charge on any atom is -0.489 e. The predicted molar refractivity (Wildman–Crippen MR) is 105 cm³/mol. The van der Waals surface area contributed by atoms with E-state index in [-0.39, 0.29) is 18.4 Å². The molecule has 2 rings (SSSR count). The molecular formula is C20H23N3O3. The summed E-state index contributed by atoms with van der Waals surface area (Å²) in [5.74, 6) is 0.403. The van der Waals surface area contributed by atoms with E-state index < -0.39 is 0 Å². The molecule has 3 N–H and O–H groups in total. The van der Waals surface area contributed by atoms with Gasteiger partial charge in [-0.3, -0.25) is 9.59 Å². The largest absolute Gasteiger partial charge is 0.489 e. The van der Waals surface area contributed by atoms with Gasteiger partial charge in [-0.15, -0.1) is 0 Å². The number of rotatable bonds is 8. The Morgan fingerprint density at radius 2 is 1.65 bits per heavy atom. The van der Waals surface area contributed by atoms with E-state index in [1.165, 1.54) is 6.92 Å². The van der Waals surface area contributed by atoms with Gasteiger partial charge in [0.1, 0.15) is 12.4 Å². The van der Waals surface area contributed by atoms with Gasteiger partial charge in [0.15, 0.2) is 0 Å². The first-order valence-corrected chi connectivity index (χ1v) is 8.21. The van der Waals surface area contributed by atoms with E-state index in [1.54, 1.807) is 42.5 Å². The molecule has 2 aromatic carbocycles. The smallest absolute Gasteiger partial charge is 0.243 e. The molecule has 0 fully saturated rings. The fourth-order valence-corrected chi connectivity index (χ4v) is 2.14. The summed E-state index contributed by atoms with van der Waals surface area (Å²) in [6, 6.07) is 14.3. The van der Waals surface area contributed by atoms with Crippen LogP contribution < -0.4 is 20.7 Å². The van der Waals surface area contributed by atoms with Gasteiger partial charge in [0.2, 0.25) is 11.8 Å². The lowest BCUT2D eigenvalue weighted by atomic mass is 10.2. The fourth-order valence-electron chi connectivity index (χ4n) is 2.14. The third-order valence-electron chi connectivity index (χ3n) is 3.26. The normalized spacial score (nSPS) is 9.92. The molecule has 136 valence electrons. The summed E-state index contributed by atoms with van der Waals surface area (Å²) < 4.78 is 5.52. The number of hydrogen-bond donors (Lipinski definition) is 3. The first-order valence-electron chi connectivity index (χ1n) is 8.21. The van der Waals surface area contributed by atoms with Crippen LogP contribution in [0.5, 0.6) is 5.75 Å². The predicted octanol–water partition coefficient (Wildman–Crippen LogP) is 3.65. The number of benzene rings is 2. The lowest BCUT2D eigenvalue weighted by Gasteiger charge is -2.10. The third kappa shape index (κ3) is 6.68. The van der Waals surface area contributed by atoms with Crippen LogP contribution in [0.15, 0.2) is 60.7 Å². The Labute approximate surface area is 153 Å². The number of amides is 2. The molecule has 0 aliphatic carbocycles. The van der Waals surface area contributed by atoms with Crippen molar-refractivity contribution in [2.24, 2.45) is 0 Å². The lowest BCUT2D eigenvalue weighted by molar-refractivity contribution is -0.115. The van der Waals surface area contributed by atoms with Crippen molar-refractivity contribution in [3.8, 4) is 5.75 Å². The zero-order valence-electron chi connectivity index (χ0n) is 15.0. The van der Waals surface area contributed by atoms with Crippen LogP contribution in [-0.2, 0) is 9.59 Å². The van der Waals surface area contributed by atoms with E-state index in [0.29, 0.717) is 18.0 Å². The Bertz CT molecular complexity index is 785. The van der Waals surface area contributed by atoms with Crippen LogP contribution in [0.2, 0.25) is 0 Å². The number of ether oxygens (including phenoxy) is 1. The summed E-state index contributed by atoms with van der Waals surface area (Å²) >= 11 is 0. The second kappa shape index (κ2) is 9.27. The molecule has 0 radical (unpaired) electrons. The highest BCUT2D eigenvalue weighted by atomic mass is 16.5. The Kier molecular flexibility index (Phi) is 6.79. The van der Waals surface area contributed by atoms with Crippen molar-refractivity contribution in [2.75, 3.05) is 29.1 Å². The number of anilines is 3. The Morgan fingerprint density at radius 1 is 0.962 bits per heavy atom. The summed E-state index contributed by atoms with van der Waals surface area (Å²) in [5.41, 5.74) is 3.05. The highest BCUT2D eigenvalue weighted by Gasteiger charge is 2.04. The molecule has 0 unspecified atom stereocenters. The molecule has 0 aliphatic heterocycles. The molecule has 0 saturated heterocycles. The van der Waals surface area contributed by atoms with Crippen LogP contribution in [0, 0.1) is 0 Å². The van der Waals surface area contributed by atoms with Crippen molar-refractivity contribution >= 4 is 28.9 Å². The zero-order valence-corrected chi connectivity index (χ0v) is 15.0. The fraction of sp³-hybridized carbons (Fsp3) is 0.200. The number of hydrogen-bond acceptors (Lipinski definition) is 4. The topological polar surface area (TPSA) is 79.5 Å². The lowest BCUT2D eigenvalue weighted by Crippen LogP contribution is -2.21. The summed E-state index contributed by atoms with van der Waals surface area (Å²) in [5, 5.41) is 8.53. The van der Waals surface area contributed by atoms with Crippen LogP contribution in [0.1, 0.15) is 13.8 Å². The van der Waals surface area contributed by atoms with Crippen LogP contribution in [0.4, 0.5) is 17.1 Å². The molecule has 2 aromatic rings. The van der Waals surface area contributed by atoms with Crippen molar-refractivity contribution in [1.29, 1.82) is 0 Å². The number of carbonyl (C=O) groups excluding carboxylic acids is 2. The zero-order chi connectivity index (χ0) is 18.9. The minimum atomic E-state index is -0.175. The number of nitrogens with one attached hydrogen (secondary N) is 3. The maximum absolute atomic E-state index is 12.1. The molecule has 6 heteroatoms. The second-order valence-electron chi connectivity index (χ2n) is 5.93. The molecule has 0 saturated carbocycles. The highest BCUT2D eigenvalue weighted by Crippen LogP contribution is 2.17. The van der Waals surface area contributed by atoms with Crippen molar-refractivity contribution in [1.82, 2.24) is 0 Å². The number of carbonyl (C=O) groups is 2. The first-order chi connectivity index (χ1) is 12.4. The summed E-state index contributed by atoms with van der Waals surface area (Å²) in [7, 11) is 0. The van der Waals surface area contributed by atoms with E-state index in [1.807, 2.05) is 13.0 Å². The maximum atomic E-state index is 12.1. The van der Waals surface area contributed by atoms with Crippen LogP contribution >= 0.6 is 0 Å². The van der Waals surface area contributed by atoms with Crippen molar-refractivity contribution in [3.05, 3.63) is 60.7 Å². The van der Waals surface area contributed by atoms with E-state index in [4.69, 9.17) is 4.74 Å². The average molecular weight is 353 g/mol. The Hall–Kier alpha value is -3.28. The molecule has 6 nitrogen and oxygen atoms in total. The van der Waals surface area contributed by atoms with E-state index >= 15 is 0 Å². The van der Waals surface area contributed by atoms with Gasteiger partial charge in [-0.25, -0.2) is 0 Å². The molecule has 0 spiro atoms. The van der Waals surface area contributed by atoms with Gasteiger partial charge in [0.25, 0.3) is 0 Å². The third-order valence-corrected chi connectivity index (χ3v) is 3.26. The second-order valence-corrected chi connectivity index (χ2v) is 5.93. The van der Waals surface area contributed by atoms with Gasteiger partial charge < -0.3 is 20.7 Å². The van der Waals surface area contributed by atoms with Gasteiger partial charge in [0.05, 0.1) is 6.54 Å². The van der Waals surface area contributed by atoms with E-state index in [9.17, 15) is 9.59 Å². The van der Waals surface area contributed by atoms with Gasteiger partial charge >= 0.3 is 0 Å². The first kappa shape index (κ1) is 19.1. The molecule has 0 aliphatic rings. The maximum Gasteiger partial charge on any atom is 0.243 e. The van der Waals surface area contributed by atoms with Gasteiger partial charge in [-0.05, 0) is 55.0 Å². The summed E-state index contributed by atoms with van der Waals surface area (Å²) in [4.78, 5) is 23.1. The monoisotopic (exact) mass is 353 g/mol. The summed E-state index contributed by atoms with van der Waals surface area (Å²) in [6.07, 6.45) is 0. The highest BCUT2D eigenvalue weighted by molar-refractivity contribution is 5.94. The van der Waals surface area contributed by atoms with Crippen molar-refractivity contribution < 1.29 is 14.3 Å². The molecule has 26 heavy (non-hydrogen) atoms. The van der Waals surface area contributed by atoms with E-state index in [0.717, 1.165) is 17.0 Å². The minimum absolute atomic E-state index is 0.109. The van der Waals surface area contributed by atoms with Gasteiger partial charge in [-0.1, -0.05) is 12.6 Å². The van der Waals surface area contributed by atoms with Gasteiger partial charge in [-0.2, -0.15) is 0 Å². The average Bonchev–Trinajstić information content (AvgIpc) is 2.59.